The number of hydrogen-bond donors (Lipinski definition) is 3. The Labute approximate surface area is 89.1 Å². The fourth-order valence-corrected chi connectivity index (χ4v) is 0.814. The fraction of sp³-hybridized carbons (Fsp3) is 0.667. The van der Waals surface area contributed by atoms with Crippen molar-refractivity contribution in [3.8, 4) is 0.537 Å². The second kappa shape index (κ2) is 11.1. The summed E-state index contributed by atoms with van der Waals surface area (Å²) >= 11 is -0.836. The van der Waals surface area contributed by atoms with Gasteiger partial charge in [-0.1, -0.05) is 0 Å². The SMILES string of the molecule is C[CH2][Ba][C]#N.O.O=P(O)(O)O. The Kier molecular flexibility index (Phi) is 18.2. The summed E-state index contributed by atoms with van der Waals surface area (Å²) in [5.74, 6) is 0. The molecule has 8 heteroatoms. The van der Waals surface area contributed by atoms with E-state index in [-0.39, 0.29) is 5.48 Å². The molecule has 0 saturated carbocycles. The molecule has 0 aliphatic heterocycles. The van der Waals surface area contributed by atoms with E-state index < -0.39 is 52.0 Å². The average Bonchev–Trinajstić information content (AvgIpc) is 1.63. The topological polar surface area (TPSA) is 133 Å². The van der Waals surface area contributed by atoms with Crippen LogP contribution >= 0.6 is 7.82 Å². The third-order valence-electron chi connectivity index (χ3n) is 0.362. The van der Waals surface area contributed by atoms with E-state index in [0.717, 1.165) is 0 Å². The molecule has 0 radical (unpaired) electrons. The van der Waals surface area contributed by atoms with Gasteiger partial charge in [0.05, 0.1) is 0 Å². The summed E-state index contributed by atoms with van der Waals surface area (Å²) in [6, 6.07) is 0. The Morgan fingerprint density at radius 2 is 1.82 bits per heavy atom. The van der Waals surface area contributed by atoms with E-state index in [0.29, 0.717) is 0 Å². The first-order valence-electron chi connectivity index (χ1n) is 2.57. The van der Waals surface area contributed by atoms with Crippen LogP contribution in [0.3, 0.4) is 0 Å². The van der Waals surface area contributed by atoms with E-state index in [2.05, 4.69) is 7.46 Å². The third-order valence-corrected chi connectivity index (χ3v) is 2.63. The maximum Gasteiger partial charge on any atom is 0.466 e. The van der Waals surface area contributed by atoms with Crippen molar-refractivity contribution in [1.29, 1.82) is 5.26 Å². The van der Waals surface area contributed by atoms with Crippen LogP contribution in [0.15, 0.2) is 0 Å². The van der Waals surface area contributed by atoms with E-state index in [1.165, 1.54) is 0.889 Å². The van der Waals surface area contributed by atoms with Gasteiger partial charge in [-0.3, -0.25) is 0 Å². The summed E-state index contributed by atoms with van der Waals surface area (Å²) in [5.41, 5.74) is 0. The van der Waals surface area contributed by atoms with E-state index in [1.54, 1.807) is 0 Å². The summed E-state index contributed by atoms with van der Waals surface area (Å²) in [6.07, 6.45) is 0. The third kappa shape index (κ3) is 94.7. The molecule has 0 aliphatic carbocycles. The second-order valence-electron chi connectivity index (χ2n) is 1.42. The van der Waals surface area contributed by atoms with Crippen molar-refractivity contribution in [2.75, 3.05) is 0 Å². The fourth-order valence-electron chi connectivity index (χ4n) is 0.112. The minimum atomic E-state index is -4.64. The van der Waals surface area contributed by atoms with Crippen LogP contribution in [-0.2, 0) is 4.57 Å². The predicted molar refractivity (Wildman–Crippen MR) is 39.7 cm³/mol. The van der Waals surface area contributed by atoms with Gasteiger partial charge in [-0.25, -0.2) is 4.57 Å². The van der Waals surface area contributed by atoms with Crippen molar-refractivity contribution in [3.63, 3.8) is 0 Å². The molecule has 0 rings (SSSR count). The Hall–Kier alpha value is 1.13. The molecule has 0 atom stereocenters. The number of rotatable bonds is 1. The zero-order valence-electron chi connectivity index (χ0n) is 6.06. The summed E-state index contributed by atoms with van der Waals surface area (Å²) in [7, 11) is -4.64. The summed E-state index contributed by atoms with van der Waals surface area (Å²) in [5, 5.41) is 7.92. The van der Waals surface area contributed by atoms with E-state index in [1.807, 2.05) is 0 Å². The molecular weight excluding hydrogens is 298 g/mol. The Morgan fingerprint density at radius 3 is 1.82 bits per heavy atom. The molecule has 11 heavy (non-hydrogen) atoms. The monoisotopic (exact) mass is 309 g/mol. The van der Waals surface area contributed by atoms with Crippen LogP contribution in [0.25, 0.3) is 0 Å². The minimum Gasteiger partial charge on any atom is -0.412 e. The molecular formula is C3H10BaNO5P. The van der Waals surface area contributed by atoms with E-state index in [9.17, 15) is 0 Å². The summed E-state index contributed by atoms with van der Waals surface area (Å²) in [6.45, 7) is 2.09. The molecule has 6 nitrogen and oxygen atoms in total. The van der Waals surface area contributed by atoms with Crippen molar-refractivity contribution in [3.05, 3.63) is 0 Å². The Balaban J connectivity index is -0.000000107. The Morgan fingerprint density at radius 1 is 1.55 bits per heavy atom. The van der Waals surface area contributed by atoms with E-state index in [4.69, 9.17) is 24.5 Å². The number of phosphoric acid groups is 1. The molecule has 0 fully saturated rings. The summed E-state index contributed by atoms with van der Waals surface area (Å²) in [4.78, 5) is 21.6. The molecule has 64 valence electrons. The molecule has 5 N–H and O–H groups in total. The molecule has 0 heterocycles. The maximum absolute atomic E-state index is 8.88. The van der Waals surface area contributed by atoms with Gasteiger partial charge in [0.25, 0.3) is 0 Å². The van der Waals surface area contributed by atoms with Gasteiger partial charge in [-0.2, -0.15) is 0 Å². The van der Waals surface area contributed by atoms with Crippen molar-refractivity contribution in [2.45, 2.75) is 7.81 Å². The van der Waals surface area contributed by atoms with Gasteiger partial charge < -0.3 is 20.2 Å². The van der Waals surface area contributed by atoms with Crippen LogP contribution in [0.4, 0.5) is 0 Å². The van der Waals surface area contributed by atoms with Crippen molar-refractivity contribution >= 4 is 52.0 Å². The summed E-state index contributed by atoms with van der Waals surface area (Å²) < 4.78 is 12.3. The van der Waals surface area contributed by atoms with E-state index >= 15 is 0 Å². The van der Waals surface area contributed by atoms with Crippen LogP contribution in [0.1, 0.15) is 6.92 Å². The zero-order chi connectivity index (χ0) is 8.62. The van der Waals surface area contributed by atoms with Crippen LogP contribution in [0.5, 0.6) is 0 Å². The van der Waals surface area contributed by atoms with Crippen molar-refractivity contribution < 1.29 is 24.7 Å². The van der Waals surface area contributed by atoms with Gasteiger partial charge >= 0.3 is 65.6 Å². The average molecular weight is 308 g/mol. The largest absolute Gasteiger partial charge is 0.466 e. The first-order valence-corrected chi connectivity index (χ1v) is 9.49. The molecule has 0 unspecified atom stereocenters. The van der Waals surface area contributed by atoms with Crippen LogP contribution in [0, 0.1) is 5.80 Å². The first kappa shape index (κ1) is 18.0. The van der Waals surface area contributed by atoms with Crippen LogP contribution in [-0.4, -0.2) is 64.3 Å². The standard InChI is InChI=1S/C2H5.CN.Ba.H3O4P.H2O/c2*1-2;;1-5(2,3)4;/h1H2,2H3;;;(H3,1,2,3,4);1H2. The quantitative estimate of drug-likeness (QED) is 0.416. The maximum atomic E-state index is 8.88. The molecule has 0 spiro atoms. The van der Waals surface area contributed by atoms with Crippen LogP contribution in [0.2, 0.25) is 0.889 Å². The van der Waals surface area contributed by atoms with Gasteiger partial charge in [0.15, 0.2) is 0 Å². The molecule has 0 amide bonds. The second-order valence-corrected chi connectivity index (χ2v) is 8.15. The number of nitriles is 1. The van der Waals surface area contributed by atoms with Gasteiger partial charge in [-0.15, -0.1) is 0 Å². The number of hydrogen-bond acceptors (Lipinski definition) is 2. The molecule has 0 aromatic rings. The van der Waals surface area contributed by atoms with Crippen LogP contribution < -0.4 is 0 Å². The molecule has 0 aromatic carbocycles. The van der Waals surface area contributed by atoms with Gasteiger partial charge in [-0.05, 0) is 0 Å². The van der Waals surface area contributed by atoms with Gasteiger partial charge in [0, 0.05) is 0 Å². The smallest absolute Gasteiger partial charge is 0.412 e. The van der Waals surface area contributed by atoms with Crippen molar-refractivity contribution in [1.82, 2.24) is 0 Å². The number of nitrogens with zero attached hydrogens (tertiary/aromatic N) is 1. The molecule has 0 aliphatic rings. The van der Waals surface area contributed by atoms with Gasteiger partial charge in [0.2, 0.25) is 0 Å². The zero-order valence-corrected chi connectivity index (χ0v) is 11.4. The van der Waals surface area contributed by atoms with Gasteiger partial charge in [0.1, 0.15) is 0 Å². The minimum absolute atomic E-state index is 0. The molecule has 0 aromatic heterocycles. The normalized spacial score (nSPS) is 7.55. The molecule has 0 saturated heterocycles. The van der Waals surface area contributed by atoms with Crippen molar-refractivity contribution in [2.24, 2.45) is 0 Å². The first-order chi connectivity index (χ1) is 4.41. The predicted octanol–water partition coefficient (Wildman–Crippen LogP) is -1.14. The molecule has 0 bridgehead atoms. The Bertz CT molecular complexity index is 142.